The van der Waals surface area contributed by atoms with Gasteiger partial charge < -0.3 is 10.5 Å². The normalized spacial score (nSPS) is 10.4. The highest BCUT2D eigenvalue weighted by Crippen LogP contribution is 2.31. The summed E-state index contributed by atoms with van der Waals surface area (Å²) in [5, 5.41) is 12.0. The molecule has 88 valence electrons. The number of fused-ring (bicyclic) bond motifs is 1. The highest BCUT2D eigenvalue weighted by molar-refractivity contribution is 5.94. The zero-order valence-electron chi connectivity index (χ0n) is 9.00. The molecule has 0 aliphatic carbocycles. The molecule has 2 aromatic rings. The maximum atomic E-state index is 10.9. The number of ether oxygens (including phenoxy) is 1. The fourth-order valence-electron chi connectivity index (χ4n) is 1.60. The minimum absolute atomic E-state index is 0.0215. The number of nitro groups is 1. The molecular formula is C11H11N3O3. The number of non-ortho nitro benzene ring substituents is 1. The molecule has 0 unspecified atom stereocenters. The third kappa shape index (κ3) is 2.16. The minimum atomic E-state index is -0.434. The van der Waals surface area contributed by atoms with Gasteiger partial charge in [0.2, 0.25) is 0 Å². The fourth-order valence-corrected chi connectivity index (χ4v) is 1.60. The Morgan fingerprint density at radius 3 is 2.88 bits per heavy atom. The Morgan fingerprint density at radius 2 is 2.18 bits per heavy atom. The van der Waals surface area contributed by atoms with E-state index in [1.807, 2.05) is 0 Å². The summed E-state index contributed by atoms with van der Waals surface area (Å²) < 4.78 is 5.43. The molecule has 0 fully saturated rings. The Kier molecular flexibility index (Phi) is 3.15. The molecule has 1 heterocycles. The predicted octanol–water partition coefficient (Wildman–Crippen LogP) is 1.48. The maximum absolute atomic E-state index is 10.9. The van der Waals surface area contributed by atoms with Gasteiger partial charge in [-0.1, -0.05) is 0 Å². The summed E-state index contributed by atoms with van der Waals surface area (Å²) in [6.45, 7) is 0.763. The largest absolute Gasteiger partial charge is 0.492 e. The van der Waals surface area contributed by atoms with Gasteiger partial charge in [0.25, 0.3) is 5.69 Å². The zero-order chi connectivity index (χ0) is 12.3. The van der Waals surface area contributed by atoms with Crippen molar-refractivity contribution < 1.29 is 9.66 Å². The van der Waals surface area contributed by atoms with Crippen LogP contribution in [-0.4, -0.2) is 23.1 Å². The summed E-state index contributed by atoms with van der Waals surface area (Å²) in [5.74, 6) is 0.582. The number of nitrogens with zero attached hydrogens (tertiary/aromatic N) is 2. The predicted molar refractivity (Wildman–Crippen MR) is 62.9 cm³/mol. The molecule has 0 saturated heterocycles. The second-order valence-electron chi connectivity index (χ2n) is 3.40. The van der Waals surface area contributed by atoms with Gasteiger partial charge in [0.15, 0.2) is 0 Å². The van der Waals surface area contributed by atoms with Crippen LogP contribution in [0, 0.1) is 10.1 Å². The number of hydrogen-bond donors (Lipinski definition) is 1. The molecule has 1 aromatic carbocycles. The summed E-state index contributed by atoms with van der Waals surface area (Å²) in [5.41, 5.74) is 5.37. The van der Waals surface area contributed by atoms with Gasteiger partial charge >= 0.3 is 0 Å². The number of nitro benzene ring substituents is 1. The van der Waals surface area contributed by atoms with Crippen molar-refractivity contribution in [1.82, 2.24) is 4.98 Å². The van der Waals surface area contributed by atoms with Crippen molar-refractivity contribution in [2.24, 2.45) is 5.73 Å². The van der Waals surface area contributed by atoms with Gasteiger partial charge in [0, 0.05) is 30.4 Å². The molecule has 2 rings (SSSR count). The fraction of sp³-hybridized carbons (Fsp3) is 0.182. The summed E-state index contributed by atoms with van der Waals surface area (Å²) in [6.07, 6.45) is 3.03. The molecule has 0 atom stereocenters. The topological polar surface area (TPSA) is 91.3 Å². The second-order valence-corrected chi connectivity index (χ2v) is 3.40. The average Bonchev–Trinajstić information content (AvgIpc) is 2.35. The van der Waals surface area contributed by atoms with Crippen molar-refractivity contribution in [2.45, 2.75) is 0 Å². The van der Waals surface area contributed by atoms with Crippen LogP contribution in [0.15, 0.2) is 30.6 Å². The number of nitrogens with two attached hydrogens (primary N) is 1. The van der Waals surface area contributed by atoms with E-state index in [1.54, 1.807) is 18.3 Å². The second kappa shape index (κ2) is 4.75. The van der Waals surface area contributed by atoms with Crippen molar-refractivity contribution in [3.8, 4) is 5.75 Å². The lowest BCUT2D eigenvalue weighted by atomic mass is 10.1. The summed E-state index contributed by atoms with van der Waals surface area (Å²) in [4.78, 5) is 14.3. The van der Waals surface area contributed by atoms with Crippen LogP contribution >= 0.6 is 0 Å². The van der Waals surface area contributed by atoms with Gasteiger partial charge in [-0.2, -0.15) is 0 Å². The first-order valence-electron chi connectivity index (χ1n) is 5.08. The molecule has 6 nitrogen and oxygen atoms in total. The molecule has 0 amide bonds. The molecule has 17 heavy (non-hydrogen) atoms. The van der Waals surface area contributed by atoms with Crippen LogP contribution in [0.5, 0.6) is 5.75 Å². The van der Waals surface area contributed by atoms with Gasteiger partial charge in [-0.05, 0) is 12.1 Å². The molecule has 0 saturated carbocycles. The van der Waals surface area contributed by atoms with Crippen LogP contribution in [0.25, 0.3) is 10.8 Å². The summed E-state index contributed by atoms with van der Waals surface area (Å²) in [7, 11) is 0. The van der Waals surface area contributed by atoms with E-state index in [9.17, 15) is 10.1 Å². The monoisotopic (exact) mass is 233 g/mol. The van der Waals surface area contributed by atoms with E-state index < -0.39 is 4.92 Å². The summed E-state index contributed by atoms with van der Waals surface area (Å²) in [6, 6.07) is 4.68. The maximum Gasteiger partial charge on any atom is 0.279 e. The first-order valence-corrected chi connectivity index (χ1v) is 5.08. The van der Waals surface area contributed by atoms with E-state index in [0.29, 0.717) is 29.7 Å². The first kappa shape index (κ1) is 11.3. The van der Waals surface area contributed by atoms with Crippen LogP contribution in [0.4, 0.5) is 5.69 Å². The van der Waals surface area contributed by atoms with Gasteiger partial charge in [-0.25, -0.2) is 0 Å². The highest BCUT2D eigenvalue weighted by Gasteiger charge is 2.14. The molecule has 0 spiro atoms. The van der Waals surface area contributed by atoms with E-state index in [1.165, 1.54) is 12.3 Å². The molecular weight excluding hydrogens is 222 g/mol. The van der Waals surface area contributed by atoms with Crippen molar-refractivity contribution in [2.75, 3.05) is 13.2 Å². The third-order valence-electron chi connectivity index (χ3n) is 2.33. The van der Waals surface area contributed by atoms with E-state index in [0.717, 1.165) is 0 Å². The number of hydrogen-bond acceptors (Lipinski definition) is 5. The Balaban J connectivity index is 2.58. The van der Waals surface area contributed by atoms with Crippen molar-refractivity contribution in [3.05, 3.63) is 40.7 Å². The molecule has 6 heteroatoms. The quantitative estimate of drug-likeness (QED) is 0.637. The summed E-state index contributed by atoms with van der Waals surface area (Å²) >= 11 is 0. The Bertz CT molecular complexity index is 557. The Hall–Kier alpha value is -2.21. The molecule has 1 aromatic heterocycles. The van der Waals surface area contributed by atoms with Crippen LogP contribution in [0.1, 0.15) is 0 Å². The molecule has 0 radical (unpaired) electrons. The smallest absolute Gasteiger partial charge is 0.279 e. The molecule has 2 N–H and O–H groups in total. The Morgan fingerprint density at radius 1 is 1.35 bits per heavy atom. The van der Waals surface area contributed by atoms with Crippen molar-refractivity contribution >= 4 is 16.5 Å². The van der Waals surface area contributed by atoms with E-state index in [-0.39, 0.29) is 5.69 Å². The standard InChI is InChI=1S/C11H11N3O3/c12-4-6-17-11-2-1-10(14(15)16)9-7-13-5-3-8(9)11/h1-3,5,7H,4,6,12H2. The SMILES string of the molecule is NCCOc1ccc([N+](=O)[O-])c2cnccc12. The van der Waals surface area contributed by atoms with Gasteiger partial charge in [-0.15, -0.1) is 0 Å². The van der Waals surface area contributed by atoms with E-state index in [2.05, 4.69) is 4.98 Å². The zero-order valence-corrected chi connectivity index (χ0v) is 9.00. The van der Waals surface area contributed by atoms with Crippen LogP contribution in [0.3, 0.4) is 0 Å². The lowest BCUT2D eigenvalue weighted by Crippen LogP contribution is -2.10. The third-order valence-corrected chi connectivity index (χ3v) is 2.33. The van der Waals surface area contributed by atoms with Crippen molar-refractivity contribution in [3.63, 3.8) is 0 Å². The highest BCUT2D eigenvalue weighted by atomic mass is 16.6. The first-order chi connectivity index (χ1) is 8.24. The lowest BCUT2D eigenvalue weighted by molar-refractivity contribution is -0.383. The van der Waals surface area contributed by atoms with Gasteiger partial charge in [0.1, 0.15) is 12.4 Å². The van der Waals surface area contributed by atoms with Gasteiger partial charge in [0.05, 0.1) is 10.3 Å². The molecule has 0 aliphatic heterocycles. The molecule has 0 aliphatic rings. The minimum Gasteiger partial charge on any atom is -0.492 e. The van der Waals surface area contributed by atoms with Crippen molar-refractivity contribution in [1.29, 1.82) is 0 Å². The number of pyridine rings is 1. The molecule has 0 bridgehead atoms. The van der Waals surface area contributed by atoms with Crippen LogP contribution < -0.4 is 10.5 Å². The lowest BCUT2D eigenvalue weighted by Gasteiger charge is -2.08. The van der Waals surface area contributed by atoms with E-state index in [4.69, 9.17) is 10.5 Å². The number of rotatable bonds is 4. The number of aromatic nitrogens is 1. The van der Waals surface area contributed by atoms with Crippen LogP contribution in [-0.2, 0) is 0 Å². The average molecular weight is 233 g/mol. The number of benzene rings is 1. The van der Waals surface area contributed by atoms with Crippen LogP contribution in [0.2, 0.25) is 0 Å². The van der Waals surface area contributed by atoms with E-state index >= 15 is 0 Å². The van der Waals surface area contributed by atoms with Gasteiger partial charge in [-0.3, -0.25) is 15.1 Å². The Labute approximate surface area is 97.2 Å².